The van der Waals surface area contributed by atoms with Gasteiger partial charge >= 0.3 is 0 Å². The van der Waals surface area contributed by atoms with Crippen LogP contribution < -0.4 is 10.2 Å². The minimum Gasteiger partial charge on any atom is -0.381 e. The number of hydrogen-bond donors (Lipinski definition) is 1. The van der Waals surface area contributed by atoms with Crippen molar-refractivity contribution in [2.45, 2.75) is 18.4 Å². The Hall–Kier alpha value is -1.66. The summed E-state index contributed by atoms with van der Waals surface area (Å²) >= 11 is 0. The Bertz CT molecular complexity index is 509. The highest BCUT2D eigenvalue weighted by Gasteiger charge is 2.39. The maximum atomic E-state index is 12.0. The number of aromatic nitrogens is 1. The van der Waals surface area contributed by atoms with E-state index < -0.39 is 0 Å². The largest absolute Gasteiger partial charge is 0.381 e. The van der Waals surface area contributed by atoms with Crippen molar-refractivity contribution in [1.29, 1.82) is 0 Å². The summed E-state index contributed by atoms with van der Waals surface area (Å²) in [5.41, 5.74) is 0.456. The molecular weight excluding hydrogens is 270 g/mol. The topological polar surface area (TPSA) is 63.7 Å². The molecular formula is C15H21N3O3. The van der Waals surface area contributed by atoms with Crippen LogP contribution in [0.5, 0.6) is 0 Å². The van der Waals surface area contributed by atoms with E-state index in [1.165, 1.54) is 0 Å². The summed E-state index contributed by atoms with van der Waals surface area (Å²) in [7, 11) is 1.64. The predicted molar refractivity (Wildman–Crippen MR) is 78.6 cm³/mol. The first kappa shape index (κ1) is 14.3. The number of pyridine rings is 1. The molecule has 0 aliphatic carbocycles. The van der Waals surface area contributed by atoms with Crippen LogP contribution in [0, 0.1) is 0 Å². The highest BCUT2D eigenvalue weighted by molar-refractivity contribution is 5.98. The average Bonchev–Trinajstić information content (AvgIpc) is 2.55. The molecule has 0 aromatic carbocycles. The van der Waals surface area contributed by atoms with Crippen LogP contribution in [0.2, 0.25) is 0 Å². The van der Waals surface area contributed by atoms with Crippen LogP contribution in [0.3, 0.4) is 0 Å². The van der Waals surface area contributed by atoms with Crippen molar-refractivity contribution >= 4 is 11.7 Å². The van der Waals surface area contributed by atoms with E-state index in [1.807, 2.05) is 6.07 Å². The van der Waals surface area contributed by atoms with Crippen molar-refractivity contribution in [1.82, 2.24) is 10.3 Å². The second-order valence-electron chi connectivity index (χ2n) is 5.52. The standard InChI is InChI=1S/C15H21N3O3/c1-16-14(19)12-3-2-6-17-13(12)18-7-10-21-15(11-18)4-8-20-9-5-15/h2-3,6H,4-5,7-11H2,1H3,(H,16,19). The van der Waals surface area contributed by atoms with Crippen LogP contribution >= 0.6 is 0 Å². The minimum absolute atomic E-state index is 0.106. The number of hydrogen-bond acceptors (Lipinski definition) is 5. The van der Waals surface area contributed by atoms with E-state index in [9.17, 15) is 4.79 Å². The van der Waals surface area contributed by atoms with Gasteiger partial charge in [0, 0.05) is 52.4 Å². The molecule has 114 valence electrons. The van der Waals surface area contributed by atoms with Crippen LogP contribution in [0.1, 0.15) is 23.2 Å². The molecule has 6 nitrogen and oxygen atoms in total. The Kier molecular flexibility index (Phi) is 4.07. The number of anilines is 1. The molecule has 0 atom stereocenters. The summed E-state index contributed by atoms with van der Waals surface area (Å²) in [5, 5.41) is 2.67. The van der Waals surface area contributed by atoms with Crippen molar-refractivity contribution in [3.8, 4) is 0 Å². The molecule has 2 aliphatic rings. The molecule has 2 aliphatic heterocycles. The van der Waals surface area contributed by atoms with Crippen molar-refractivity contribution in [2.75, 3.05) is 44.9 Å². The van der Waals surface area contributed by atoms with E-state index in [0.717, 1.165) is 45.0 Å². The van der Waals surface area contributed by atoms with Gasteiger partial charge in [-0.05, 0) is 12.1 Å². The molecule has 2 saturated heterocycles. The van der Waals surface area contributed by atoms with Crippen LogP contribution in [0.4, 0.5) is 5.82 Å². The van der Waals surface area contributed by atoms with Gasteiger partial charge in [0.25, 0.3) is 5.91 Å². The van der Waals surface area contributed by atoms with Crippen LogP contribution in [0.25, 0.3) is 0 Å². The molecule has 0 radical (unpaired) electrons. The lowest BCUT2D eigenvalue weighted by atomic mass is 9.92. The van der Waals surface area contributed by atoms with E-state index >= 15 is 0 Å². The lowest BCUT2D eigenvalue weighted by Gasteiger charge is -2.45. The molecule has 0 unspecified atom stereocenters. The van der Waals surface area contributed by atoms with Crippen molar-refractivity contribution in [2.24, 2.45) is 0 Å². The Labute approximate surface area is 124 Å². The predicted octanol–water partition coefficient (Wildman–Crippen LogP) is 0.827. The number of amides is 1. The first-order valence-electron chi connectivity index (χ1n) is 7.38. The van der Waals surface area contributed by atoms with Crippen LogP contribution in [-0.4, -0.2) is 56.5 Å². The molecule has 1 aromatic rings. The van der Waals surface area contributed by atoms with E-state index in [2.05, 4.69) is 15.2 Å². The average molecular weight is 291 g/mol. The number of nitrogens with one attached hydrogen (secondary N) is 1. The summed E-state index contributed by atoms with van der Waals surface area (Å²) in [6.07, 6.45) is 3.52. The van der Waals surface area contributed by atoms with E-state index in [4.69, 9.17) is 9.47 Å². The normalized spacial score (nSPS) is 21.3. The van der Waals surface area contributed by atoms with Gasteiger partial charge in [0.05, 0.1) is 17.8 Å². The fourth-order valence-electron chi connectivity index (χ4n) is 3.03. The van der Waals surface area contributed by atoms with E-state index in [-0.39, 0.29) is 11.5 Å². The van der Waals surface area contributed by atoms with Gasteiger partial charge in [-0.1, -0.05) is 0 Å². The summed E-state index contributed by atoms with van der Waals surface area (Å²) in [5.74, 6) is 0.636. The Morgan fingerprint density at radius 1 is 1.38 bits per heavy atom. The highest BCUT2D eigenvalue weighted by Crippen LogP contribution is 2.31. The molecule has 1 spiro atoms. The summed E-state index contributed by atoms with van der Waals surface area (Å²) < 4.78 is 11.5. The van der Waals surface area contributed by atoms with Gasteiger partial charge in [-0.25, -0.2) is 4.98 Å². The summed E-state index contributed by atoms with van der Waals surface area (Å²) in [6.45, 7) is 3.64. The highest BCUT2D eigenvalue weighted by atomic mass is 16.5. The molecule has 0 bridgehead atoms. The Morgan fingerprint density at radius 2 is 2.19 bits per heavy atom. The molecule has 1 N–H and O–H groups in total. The molecule has 21 heavy (non-hydrogen) atoms. The van der Waals surface area contributed by atoms with E-state index in [1.54, 1.807) is 19.3 Å². The van der Waals surface area contributed by atoms with Crippen LogP contribution in [0.15, 0.2) is 18.3 Å². The lowest BCUT2D eigenvalue weighted by Crippen LogP contribution is -2.55. The van der Waals surface area contributed by atoms with Gasteiger partial charge in [-0.15, -0.1) is 0 Å². The third-order valence-corrected chi connectivity index (χ3v) is 4.21. The Balaban J connectivity index is 1.85. The fourth-order valence-corrected chi connectivity index (χ4v) is 3.03. The molecule has 3 rings (SSSR count). The van der Waals surface area contributed by atoms with Crippen molar-refractivity contribution < 1.29 is 14.3 Å². The first-order valence-corrected chi connectivity index (χ1v) is 7.38. The first-order chi connectivity index (χ1) is 10.2. The molecule has 2 fully saturated rings. The molecule has 1 amide bonds. The zero-order valence-corrected chi connectivity index (χ0v) is 12.3. The smallest absolute Gasteiger partial charge is 0.254 e. The molecule has 6 heteroatoms. The number of morpholine rings is 1. The number of nitrogens with zero attached hydrogens (tertiary/aromatic N) is 2. The van der Waals surface area contributed by atoms with Gasteiger partial charge in [0.15, 0.2) is 0 Å². The third-order valence-electron chi connectivity index (χ3n) is 4.21. The SMILES string of the molecule is CNC(=O)c1cccnc1N1CCOC2(CCOCC2)C1. The van der Waals surface area contributed by atoms with Crippen molar-refractivity contribution in [3.63, 3.8) is 0 Å². The molecule has 3 heterocycles. The number of rotatable bonds is 2. The van der Waals surface area contributed by atoms with Gasteiger partial charge < -0.3 is 19.7 Å². The molecule has 1 aromatic heterocycles. The minimum atomic E-state index is -0.159. The van der Waals surface area contributed by atoms with Gasteiger partial charge in [-0.3, -0.25) is 4.79 Å². The second kappa shape index (κ2) is 5.99. The zero-order chi connectivity index (χ0) is 14.7. The maximum Gasteiger partial charge on any atom is 0.254 e. The summed E-state index contributed by atoms with van der Waals surface area (Å²) in [4.78, 5) is 18.6. The quantitative estimate of drug-likeness (QED) is 0.874. The third kappa shape index (κ3) is 2.87. The lowest BCUT2D eigenvalue weighted by molar-refractivity contribution is -0.116. The Morgan fingerprint density at radius 3 is 2.95 bits per heavy atom. The summed E-state index contributed by atoms with van der Waals surface area (Å²) in [6, 6.07) is 3.60. The number of ether oxygens (including phenoxy) is 2. The fraction of sp³-hybridized carbons (Fsp3) is 0.600. The number of carbonyl (C=O) groups is 1. The molecule has 0 saturated carbocycles. The monoisotopic (exact) mass is 291 g/mol. The second-order valence-corrected chi connectivity index (χ2v) is 5.52. The van der Waals surface area contributed by atoms with Crippen LogP contribution in [-0.2, 0) is 9.47 Å². The van der Waals surface area contributed by atoms with E-state index in [0.29, 0.717) is 12.2 Å². The zero-order valence-electron chi connectivity index (χ0n) is 12.3. The number of carbonyl (C=O) groups excluding carboxylic acids is 1. The van der Waals surface area contributed by atoms with Gasteiger partial charge in [0.2, 0.25) is 0 Å². The maximum absolute atomic E-state index is 12.0. The van der Waals surface area contributed by atoms with Crippen molar-refractivity contribution in [3.05, 3.63) is 23.9 Å². The van der Waals surface area contributed by atoms with Gasteiger partial charge in [-0.2, -0.15) is 0 Å². The van der Waals surface area contributed by atoms with Gasteiger partial charge in [0.1, 0.15) is 5.82 Å².